The molecule has 0 fully saturated rings. The Morgan fingerprint density at radius 2 is 0.902 bits per heavy atom. The Labute approximate surface area is 316 Å². The normalized spacial score (nSPS) is 14.1. The molecule has 0 aromatic carbocycles. The SMILES string of the molecule is CC/C=C/CC/C=C/CC/C=C/C(O)C(CO)NC(=O)CC(O)CCCCCCCCCCCC/C=C\CCCCCCCCCCCCCC. The summed E-state index contributed by atoms with van der Waals surface area (Å²) < 4.78 is 0. The van der Waals surface area contributed by atoms with Gasteiger partial charge >= 0.3 is 0 Å². The highest BCUT2D eigenvalue weighted by Crippen LogP contribution is 2.15. The Kier molecular flexibility index (Phi) is 39.7. The minimum Gasteiger partial charge on any atom is -0.394 e. The van der Waals surface area contributed by atoms with Crippen LogP contribution in [0.15, 0.2) is 48.6 Å². The number of aliphatic hydroxyl groups excluding tert-OH is 3. The van der Waals surface area contributed by atoms with Gasteiger partial charge in [0.25, 0.3) is 0 Å². The maximum Gasteiger partial charge on any atom is 0.222 e. The summed E-state index contributed by atoms with van der Waals surface area (Å²) in [5.74, 6) is -0.333. The summed E-state index contributed by atoms with van der Waals surface area (Å²) in [5.41, 5.74) is 0. The molecule has 0 aromatic heterocycles. The molecular formula is C46H85NO4. The van der Waals surface area contributed by atoms with Gasteiger partial charge in [0.05, 0.1) is 31.3 Å². The standard InChI is InChI=1S/C46H85NO4/c1-3-5-7-9-11-13-15-16-17-18-19-20-21-22-23-24-25-26-27-28-29-30-31-33-35-37-39-43(49)41-46(51)47-44(42-48)45(50)40-38-36-34-32-14-12-10-8-6-4-2/h6,8,14,22-23,32,38,40,43-45,48-50H,3-5,7,9-13,15-21,24-31,33-37,39,41-42H2,1-2H3,(H,47,51)/b8-6+,23-22-,32-14+,40-38+. The second kappa shape index (κ2) is 41.1. The first-order valence-electron chi connectivity index (χ1n) is 21.9. The lowest BCUT2D eigenvalue weighted by atomic mass is 10.0. The fourth-order valence-electron chi connectivity index (χ4n) is 6.49. The monoisotopic (exact) mass is 716 g/mol. The predicted molar refractivity (Wildman–Crippen MR) is 222 cm³/mol. The third-order valence-electron chi connectivity index (χ3n) is 9.83. The highest BCUT2D eigenvalue weighted by Gasteiger charge is 2.20. The Morgan fingerprint density at radius 3 is 1.35 bits per heavy atom. The Balaban J connectivity index is 3.59. The summed E-state index contributed by atoms with van der Waals surface area (Å²) >= 11 is 0. The molecule has 0 bridgehead atoms. The summed E-state index contributed by atoms with van der Waals surface area (Å²) in [6.07, 6.45) is 52.8. The molecular weight excluding hydrogens is 631 g/mol. The van der Waals surface area contributed by atoms with Crippen molar-refractivity contribution < 1.29 is 20.1 Å². The average molecular weight is 716 g/mol. The van der Waals surface area contributed by atoms with Crippen molar-refractivity contribution in [2.24, 2.45) is 0 Å². The lowest BCUT2D eigenvalue weighted by molar-refractivity contribution is -0.124. The molecule has 0 aromatic rings. The number of carbonyl (C=O) groups is 1. The van der Waals surface area contributed by atoms with Crippen LogP contribution >= 0.6 is 0 Å². The maximum absolute atomic E-state index is 12.4. The zero-order valence-electron chi connectivity index (χ0n) is 33.7. The summed E-state index contributed by atoms with van der Waals surface area (Å²) in [6.45, 7) is 4.07. The number of nitrogens with one attached hydrogen (secondary N) is 1. The van der Waals surface area contributed by atoms with Crippen LogP contribution < -0.4 is 5.32 Å². The van der Waals surface area contributed by atoms with E-state index in [9.17, 15) is 20.1 Å². The summed E-state index contributed by atoms with van der Waals surface area (Å²) in [5, 5.41) is 33.0. The highest BCUT2D eigenvalue weighted by atomic mass is 16.3. The van der Waals surface area contributed by atoms with Crippen molar-refractivity contribution in [3.63, 3.8) is 0 Å². The van der Waals surface area contributed by atoms with Gasteiger partial charge in [0, 0.05) is 0 Å². The number of unbranched alkanes of at least 4 members (excludes halogenated alkanes) is 24. The van der Waals surface area contributed by atoms with Gasteiger partial charge in [-0.25, -0.2) is 0 Å². The number of allylic oxidation sites excluding steroid dienone is 7. The van der Waals surface area contributed by atoms with E-state index >= 15 is 0 Å². The van der Waals surface area contributed by atoms with Crippen LogP contribution in [0.5, 0.6) is 0 Å². The molecule has 0 aliphatic carbocycles. The first-order valence-corrected chi connectivity index (χ1v) is 21.9. The van der Waals surface area contributed by atoms with Gasteiger partial charge < -0.3 is 20.6 Å². The van der Waals surface area contributed by atoms with Crippen molar-refractivity contribution in [1.82, 2.24) is 5.32 Å². The van der Waals surface area contributed by atoms with Gasteiger partial charge in [-0.05, 0) is 64.2 Å². The second-order valence-electron chi connectivity index (χ2n) is 14.9. The van der Waals surface area contributed by atoms with Crippen molar-refractivity contribution in [2.45, 2.75) is 231 Å². The van der Waals surface area contributed by atoms with E-state index in [2.05, 4.69) is 55.6 Å². The molecule has 3 unspecified atom stereocenters. The van der Waals surface area contributed by atoms with Gasteiger partial charge in [-0.15, -0.1) is 0 Å². The van der Waals surface area contributed by atoms with Crippen molar-refractivity contribution in [2.75, 3.05) is 6.61 Å². The molecule has 0 rings (SSSR count). The zero-order chi connectivity index (χ0) is 37.3. The Hall–Kier alpha value is -1.69. The van der Waals surface area contributed by atoms with Crippen LogP contribution in [0, 0.1) is 0 Å². The fraction of sp³-hybridized carbons (Fsp3) is 0.804. The molecule has 5 heteroatoms. The molecule has 1 amide bonds. The third-order valence-corrected chi connectivity index (χ3v) is 9.83. The van der Waals surface area contributed by atoms with Crippen molar-refractivity contribution in [1.29, 1.82) is 0 Å². The number of hydrogen-bond acceptors (Lipinski definition) is 4. The van der Waals surface area contributed by atoms with Gasteiger partial charge in [-0.1, -0.05) is 191 Å². The van der Waals surface area contributed by atoms with Crippen LogP contribution in [0.25, 0.3) is 0 Å². The molecule has 0 aliphatic rings. The van der Waals surface area contributed by atoms with Gasteiger partial charge in [0.15, 0.2) is 0 Å². The average Bonchev–Trinajstić information content (AvgIpc) is 3.12. The molecule has 4 N–H and O–H groups in total. The molecule has 0 aliphatic heterocycles. The molecule has 0 radical (unpaired) electrons. The second-order valence-corrected chi connectivity index (χ2v) is 14.9. The highest BCUT2D eigenvalue weighted by molar-refractivity contribution is 5.76. The largest absolute Gasteiger partial charge is 0.394 e. The molecule has 3 atom stereocenters. The zero-order valence-corrected chi connectivity index (χ0v) is 33.7. The van der Waals surface area contributed by atoms with Gasteiger partial charge in [-0.2, -0.15) is 0 Å². The minimum absolute atomic E-state index is 0.000402. The number of rotatable bonds is 39. The smallest absolute Gasteiger partial charge is 0.222 e. The van der Waals surface area contributed by atoms with Gasteiger partial charge in [0.1, 0.15) is 0 Å². The predicted octanol–water partition coefficient (Wildman–Crippen LogP) is 12.5. The van der Waals surface area contributed by atoms with Crippen molar-refractivity contribution in [3.05, 3.63) is 48.6 Å². The van der Waals surface area contributed by atoms with E-state index in [0.29, 0.717) is 6.42 Å². The molecule has 0 spiro atoms. The number of carbonyl (C=O) groups excluding carboxylic acids is 1. The quantitative estimate of drug-likeness (QED) is 0.0377. The fourth-order valence-corrected chi connectivity index (χ4v) is 6.49. The van der Waals surface area contributed by atoms with Crippen molar-refractivity contribution in [3.8, 4) is 0 Å². The number of amides is 1. The van der Waals surface area contributed by atoms with Crippen LogP contribution in [0.1, 0.15) is 213 Å². The minimum atomic E-state index is -0.958. The van der Waals surface area contributed by atoms with Gasteiger partial charge in [-0.3, -0.25) is 4.79 Å². The van der Waals surface area contributed by atoms with Gasteiger partial charge in [0.2, 0.25) is 5.91 Å². The van der Waals surface area contributed by atoms with Crippen LogP contribution in [-0.2, 0) is 4.79 Å². The summed E-state index contributed by atoms with van der Waals surface area (Å²) in [7, 11) is 0. The molecule has 298 valence electrons. The van der Waals surface area contributed by atoms with E-state index in [0.717, 1.165) is 44.9 Å². The van der Waals surface area contributed by atoms with Crippen LogP contribution in [0.4, 0.5) is 0 Å². The van der Waals surface area contributed by atoms with Crippen molar-refractivity contribution >= 4 is 5.91 Å². The molecule has 0 saturated carbocycles. The summed E-state index contributed by atoms with van der Waals surface area (Å²) in [4.78, 5) is 12.4. The van der Waals surface area contributed by atoms with Crippen LogP contribution in [-0.4, -0.2) is 46.1 Å². The van der Waals surface area contributed by atoms with E-state index < -0.39 is 18.2 Å². The lowest BCUT2D eigenvalue weighted by Crippen LogP contribution is -2.45. The van der Waals surface area contributed by atoms with Crippen LogP contribution in [0.3, 0.4) is 0 Å². The molecule has 51 heavy (non-hydrogen) atoms. The van der Waals surface area contributed by atoms with Crippen LogP contribution in [0.2, 0.25) is 0 Å². The van der Waals surface area contributed by atoms with E-state index in [1.54, 1.807) is 6.08 Å². The number of aliphatic hydroxyl groups is 3. The topological polar surface area (TPSA) is 89.8 Å². The number of hydrogen-bond donors (Lipinski definition) is 4. The molecule has 0 heterocycles. The first kappa shape index (κ1) is 49.3. The lowest BCUT2D eigenvalue weighted by Gasteiger charge is -2.21. The molecule has 5 nitrogen and oxygen atoms in total. The maximum atomic E-state index is 12.4. The third kappa shape index (κ3) is 37.9. The Morgan fingerprint density at radius 1 is 0.510 bits per heavy atom. The molecule has 0 saturated heterocycles. The van der Waals surface area contributed by atoms with E-state index in [1.807, 2.05) is 6.08 Å². The van der Waals surface area contributed by atoms with E-state index in [-0.39, 0.29) is 18.9 Å². The summed E-state index contributed by atoms with van der Waals surface area (Å²) in [6, 6.07) is -0.766. The van der Waals surface area contributed by atoms with E-state index in [4.69, 9.17) is 0 Å². The Bertz CT molecular complexity index is 835. The van der Waals surface area contributed by atoms with E-state index in [1.165, 1.54) is 141 Å². The first-order chi connectivity index (χ1) is 25.0.